The Bertz CT molecular complexity index is 487. The highest BCUT2D eigenvalue weighted by Crippen LogP contribution is 2.20. The van der Waals surface area contributed by atoms with Crippen molar-refractivity contribution in [2.45, 2.75) is 6.29 Å². The molecule has 0 aliphatic carbocycles. The Hall–Kier alpha value is -0.720. The number of pyridine rings is 1. The van der Waals surface area contributed by atoms with Crippen LogP contribution in [-0.4, -0.2) is 17.2 Å². The van der Waals surface area contributed by atoms with Crippen LogP contribution in [0.4, 0.5) is 0 Å². The van der Waals surface area contributed by atoms with Gasteiger partial charge in [-0.3, -0.25) is 4.98 Å². The van der Waals surface area contributed by atoms with E-state index in [-0.39, 0.29) is 0 Å². The summed E-state index contributed by atoms with van der Waals surface area (Å²) >= 11 is 2.21. The van der Waals surface area contributed by atoms with Crippen molar-refractivity contribution in [2.75, 3.05) is 7.11 Å². The maximum Gasteiger partial charge on any atom is 0.180 e. The summed E-state index contributed by atoms with van der Waals surface area (Å²) in [6.45, 7) is 0. The molecule has 1 aromatic carbocycles. The third-order valence-electron chi connectivity index (χ3n) is 2.18. The molecule has 0 saturated heterocycles. The van der Waals surface area contributed by atoms with Crippen LogP contribution in [0.25, 0.3) is 10.9 Å². The summed E-state index contributed by atoms with van der Waals surface area (Å²) in [6.07, 6.45) is 0.947. The molecule has 15 heavy (non-hydrogen) atoms. The normalized spacial score (nSPS) is 13.0. The molecular weight excluding hydrogens is 305 g/mol. The average molecular weight is 315 g/mol. The summed E-state index contributed by atoms with van der Waals surface area (Å²) in [6, 6.07) is 7.60. The Balaban J connectivity index is 2.54. The first-order valence-electron chi connectivity index (χ1n) is 4.47. The van der Waals surface area contributed by atoms with E-state index in [2.05, 4.69) is 27.6 Å². The number of aliphatic hydroxyl groups is 1. The molecule has 1 atom stereocenters. The van der Waals surface area contributed by atoms with Gasteiger partial charge in [0.15, 0.2) is 6.29 Å². The first-order valence-corrected chi connectivity index (χ1v) is 5.54. The maximum absolute atomic E-state index is 9.51. The minimum absolute atomic E-state index is 0.744. The molecule has 0 fully saturated rings. The summed E-state index contributed by atoms with van der Waals surface area (Å²) in [4.78, 5) is 4.28. The standard InChI is InChI=1S/C11H10INO2/c1-15-11(14)7-2-3-10-8(4-7)5-9(12)6-13-10/h2-6,11,14H,1H3. The first-order chi connectivity index (χ1) is 7.20. The van der Waals surface area contributed by atoms with Crippen LogP contribution >= 0.6 is 22.6 Å². The quantitative estimate of drug-likeness (QED) is 0.684. The first kappa shape index (κ1) is 10.8. The number of hydrogen-bond acceptors (Lipinski definition) is 3. The van der Waals surface area contributed by atoms with E-state index in [0.717, 1.165) is 20.0 Å². The van der Waals surface area contributed by atoms with Gasteiger partial charge < -0.3 is 9.84 Å². The molecule has 78 valence electrons. The van der Waals surface area contributed by atoms with Crippen molar-refractivity contribution in [2.24, 2.45) is 0 Å². The number of aliphatic hydroxyl groups excluding tert-OH is 1. The van der Waals surface area contributed by atoms with Crippen LogP contribution in [0.5, 0.6) is 0 Å². The van der Waals surface area contributed by atoms with Gasteiger partial charge in [0, 0.05) is 27.8 Å². The molecule has 0 saturated carbocycles. The zero-order chi connectivity index (χ0) is 10.8. The molecule has 1 heterocycles. The third kappa shape index (κ3) is 2.27. The van der Waals surface area contributed by atoms with Crippen LogP contribution < -0.4 is 0 Å². The molecule has 0 radical (unpaired) electrons. The highest BCUT2D eigenvalue weighted by atomic mass is 127. The summed E-state index contributed by atoms with van der Waals surface area (Å²) in [5.74, 6) is 0. The SMILES string of the molecule is COC(O)c1ccc2ncc(I)cc2c1. The molecular formula is C11H10INO2. The van der Waals surface area contributed by atoms with E-state index in [9.17, 15) is 5.11 Å². The Morgan fingerprint density at radius 3 is 2.93 bits per heavy atom. The molecule has 0 bridgehead atoms. The van der Waals surface area contributed by atoms with Crippen LogP contribution in [0.3, 0.4) is 0 Å². The van der Waals surface area contributed by atoms with E-state index >= 15 is 0 Å². The Labute approximate surface area is 101 Å². The lowest BCUT2D eigenvalue weighted by atomic mass is 10.1. The lowest BCUT2D eigenvalue weighted by Crippen LogP contribution is -1.99. The van der Waals surface area contributed by atoms with E-state index in [1.165, 1.54) is 7.11 Å². The highest BCUT2D eigenvalue weighted by Gasteiger charge is 2.06. The number of benzene rings is 1. The maximum atomic E-state index is 9.51. The van der Waals surface area contributed by atoms with E-state index in [4.69, 9.17) is 4.74 Å². The summed E-state index contributed by atoms with van der Waals surface area (Å²) in [7, 11) is 1.47. The second-order valence-corrected chi connectivity index (χ2v) is 4.44. The largest absolute Gasteiger partial charge is 0.364 e. The highest BCUT2D eigenvalue weighted by molar-refractivity contribution is 14.1. The van der Waals surface area contributed by atoms with Gasteiger partial charge in [-0.15, -0.1) is 0 Å². The molecule has 1 unspecified atom stereocenters. The molecule has 0 aliphatic heterocycles. The molecule has 0 spiro atoms. The summed E-state index contributed by atoms with van der Waals surface area (Å²) < 4.78 is 5.92. The predicted octanol–water partition coefficient (Wildman–Crippen LogP) is 2.48. The van der Waals surface area contributed by atoms with Crippen LogP contribution in [0.2, 0.25) is 0 Å². The second kappa shape index (κ2) is 4.42. The molecule has 0 amide bonds. The number of aromatic nitrogens is 1. The van der Waals surface area contributed by atoms with Gasteiger partial charge in [0.2, 0.25) is 0 Å². The van der Waals surface area contributed by atoms with Crippen LogP contribution in [0.15, 0.2) is 30.5 Å². The van der Waals surface area contributed by atoms with E-state index in [1.807, 2.05) is 30.5 Å². The molecule has 0 aliphatic rings. The van der Waals surface area contributed by atoms with Gasteiger partial charge in [-0.1, -0.05) is 6.07 Å². The van der Waals surface area contributed by atoms with Gasteiger partial charge in [0.25, 0.3) is 0 Å². The van der Waals surface area contributed by atoms with Crippen LogP contribution in [0, 0.1) is 3.57 Å². The summed E-state index contributed by atoms with van der Waals surface area (Å²) in [5, 5.41) is 10.5. The van der Waals surface area contributed by atoms with Gasteiger partial charge in [-0.25, -0.2) is 0 Å². The molecule has 3 nitrogen and oxygen atoms in total. The Kier molecular flexibility index (Phi) is 3.18. The number of methoxy groups -OCH3 is 1. The van der Waals surface area contributed by atoms with Gasteiger partial charge in [0.05, 0.1) is 5.52 Å². The Morgan fingerprint density at radius 1 is 1.40 bits per heavy atom. The number of fused-ring (bicyclic) bond motifs is 1. The van der Waals surface area contributed by atoms with Crippen molar-refractivity contribution in [3.8, 4) is 0 Å². The second-order valence-electron chi connectivity index (χ2n) is 3.19. The molecule has 4 heteroatoms. The van der Waals surface area contributed by atoms with Gasteiger partial charge in [-0.2, -0.15) is 0 Å². The predicted molar refractivity (Wildman–Crippen MR) is 66.4 cm³/mol. The Morgan fingerprint density at radius 2 is 2.20 bits per heavy atom. The topological polar surface area (TPSA) is 42.4 Å². The molecule has 2 rings (SSSR count). The average Bonchev–Trinajstić information content (AvgIpc) is 2.27. The smallest absolute Gasteiger partial charge is 0.180 e. The number of ether oxygens (including phenoxy) is 1. The zero-order valence-corrected chi connectivity index (χ0v) is 10.3. The number of nitrogens with zero attached hydrogens (tertiary/aromatic N) is 1. The van der Waals surface area contributed by atoms with Crippen LogP contribution in [-0.2, 0) is 4.74 Å². The van der Waals surface area contributed by atoms with E-state index in [0.29, 0.717) is 0 Å². The minimum atomic E-state index is -0.868. The molecule has 1 aromatic heterocycles. The van der Waals surface area contributed by atoms with E-state index < -0.39 is 6.29 Å². The molecule has 1 N–H and O–H groups in total. The van der Waals surface area contributed by atoms with Crippen molar-refractivity contribution < 1.29 is 9.84 Å². The fourth-order valence-electron chi connectivity index (χ4n) is 1.41. The third-order valence-corrected chi connectivity index (χ3v) is 2.77. The number of rotatable bonds is 2. The van der Waals surface area contributed by atoms with Crippen molar-refractivity contribution >= 4 is 33.5 Å². The summed E-state index contributed by atoms with van der Waals surface area (Å²) in [5.41, 5.74) is 1.66. The van der Waals surface area contributed by atoms with Crippen molar-refractivity contribution in [1.82, 2.24) is 4.98 Å². The fourth-order valence-corrected chi connectivity index (χ4v) is 1.89. The van der Waals surface area contributed by atoms with Gasteiger partial charge >= 0.3 is 0 Å². The number of halogens is 1. The van der Waals surface area contributed by atoms with Crippen molar-refractivity contribution in [3.63, 3.8) is 0 Å². The van der Waals surface area contributed by atoms with Crippen LogP contribution in [0.1, 0.15) is 11.9 Å². The van der Waals surface area contributed by atoms with Crippen molar-refractivity contribution in [3.05, 3.63) is 39.6 Å². The lowest BCUT2D eigenvalue weighted by molar-refractivity contribution is -0.0768. The molecule has 2 aromatic rings. The monoisotopic (exact) mass is 315 g/mol. The minimum Gasteiger partial charge on any atom is -0.364 e. The van der Waals surface area contributed by atoms with E-state index in [1.54, 1.807) is 0 Å². The fraction of sp³-hybridized carbons (Fsp3) is 0.182. The lowest BCUT2D eigenvalue weighted by Gasteiger charge is -2.09. The zero-order valence-electron chi connectivity index (χ0n) is 8.14. The van der Waals surface area contributed by atoms with Gasteiger partial charge in [0.1, 0.15) is 0 Å². The number of hydrogen-bond donors (Lipinski definition) is 1. The van der Waals surface area contributed by atoms with Crippen molar-refractivity contribution in [1.29, 1.82) is 0 Å². The van der Waals surface area contributed by atoms with Gasteiger partial charge in [-0.05, 0) is 40.8 Å².